The molecule has 1 aromatic carbocycles. The van der Waals surface area contributed by atoms with E-state index in [0.29, 0.717) is 6.73 Å². The van der Waals surface area contributed by atoms with Crippen molar-refractivity contribution in [2.75, 3.05) is 5.88 Å². The summed E-state index contributed by atoms with van der Waals surface area (Å²) in [6.07, 6.45) is 0. The number of aliphatic hydroxyl groups is 1. The molecule has 0 spiro atoms. The van der Waals surface area contributed by atoms with Crippen molar-refractivity contribution in [3.8, 4) is 0 Å². The van der Waals surface area contributed by atoms with E-state index in [1.54, 1.807) is 12.1 Å². The van der Waals surface area contributed by atoms with Gasteiger partial charge in [-0.15, -0.1) is 0 Å². The van der Waals surface area contributed by atoms with E-state index < -0.39 is 9.84 Å². The minimum Gasteiger partial charge on any atom is -0.551 e. The third-order valence-corrected chi connectivity index (χ3v) is 3.28. The first-order chi connectivity index (χ1) is 7.03. The van der Waals surface area contributed by atoms with Crippen molar-refractivity contribution >= 4 is 9.84 Å². The Morgan fingerprint density at radius 1 is 1.33 bits per heavy atom. The minimum atomic E-state index is -3.21. The van der Waals surface area contributed by atoms with Crippen LogP contribution in [-0.4, -0.2) is 19.4 Å². The molecule has 1 rings (SSSR count). The lowest BCUT2D eigenvalue weighted by molar-refractivity contribution is 0.358. The minimum absolute atomic E-state index is 0.0197. The predicted molar refractivity (Wildman–Crippen MR) is 58.0 cm³/mol. The third-order valence-electron chi connectivity index (χ3n) is 1.90. The van der Waals surface area contributed by atoms with Gasteiger partial charge in [0.25, 0.3) is 0 Å². The number of sulfone groups is 1. The molecular weight excluding hydrogens is 214 g/mol. The first-order valence-corrected chi connectivity index (χ1v) is 6.31. The second-order valence-corrected chi connectivity index (χ2v) is 5.42. The summed E-state index contributed by atoms with van der Waals surface area (Å²) >= 11 is 0. The summed E-state index contributed by atoms with van der Waals surface area (Å²) in [7, 11) is -3.21. The van der Waals surface area contributed by atoms with Gasteiger partial charge in [-0.1, -0.05) is 29.8 Å². The van der Waals surface area contributed by atoms with Crippen LogP contribution in [0.2, 0.25) is 0 Å². The highest BCUT2D eigenvalue weighted by molar-refractivity contribution is 7.90. The quantitative estimate of drug-likeness (QED) is 0.736. The van der Waals surface area contributed by atoms with Gasteiger partial charge in [0.2, 0.25) is 0 Å². The van der Waals surface area contributed by atoms with Gasteiger partial charge >= 0.3 is 0 Å². The number of aliphatic hydroxyl groups excluding tert-OH is 1. The normalized spacial score (nSPS) is 11.6. The van der Waals surface area contributed by atoms with Gasteiger partial charge in [0.15, 0.2) is 9.84 Å². The standard InChI is InChI=1S/C10H14NO3S/c1-9-2-4-10(5-3-9)6-15(13,14)8-11-7-12/h2-5,7,11-12H,6,8H2,1H3/q-1. The van der Waals surface area contributed by atoms with E-state index in [4.69, 9.17) is 5.11 Å². The Morgan fingerprint density at radius 2 is 1.93 bits per heavy atom. The number of nitrogens with one attached hydrogen (secondary N) is 1. The summed E-state index contributed by atoms with van der Waals surface area (Å²) in [5, 5.41) is 10.6. The molecule has 0 saturated heterocycles. The van der Waals surface area contributed by atoms with E-state index in [0.717, 1.165) is 11.1 Å². The van der Waals surface area contributed by atoms with Crippen molar-refractivity contribution in [3.05, 3.63) is 42.1 Å². The number of hydrogen-bond donors (Lipinski definition) is 2. The van der Waals surface area contributed by atoms with Gasteiger partial charge in [0.05, 0.1) is 11.6 Å². The van der Waals surface area contributed by atoms with Crippen LogP contribution in [-0.2, 0) is 15.6 Å². The molecule has 0 aliphatic carbocycles. The average Bonchev–Trinajstić information content (AvgIpc) is 2.18. The maximum absolute atomic E-state index is 11.5. The maximum atomic E-state index is 11.5. The van der Waals surface area contributed by atoms with Gasteiger partial charge in [-0.05, 0) is 12.5 Å². The number of rotatable bonds is 5. The Bertz CT molecular complexity index is 397. The second-order valence-electron chi connectivity index (χ2n) is 3.35. The van der Waals surface area contributed by atoms with Gasteiger partial charge in [-0.2, -0.15) is 6.73 Å². The summed E-state index contributed by atoms with van der Waals surface area (Å²) in [5.74, 6) is -0.272. The summed E-state index contributed by atoms with van der Waals surface area (Å²) in [5.41, 5.74) is 1.85. The van der Waals surface area contributed by atoms with Crippen LogP contribution in [0.25, 0.3) is 0 Å². The maximum Gasteiger partial charge on any atom is 0.165 e. The topological polar surface area (TPSA) is 66.4 Å². The Morgan fingerprint density at radius 3 is 2.47 bits per heavy atom. The third kappa shape index (κ3) is 4.42. The van der Waals surface area contributed by atoms with E-state index in [9.17, 15) is 8.42 Å². The summed E-state index contributed by atoms with van der Waals surface area (Å²) in [4.78, 5) is 0. The fraction of sp³-hybridized carbons (Fsp3) is 0.300. The lowest BCUT2D eigenvalue weighted by atomic mass is 10.2. The molecule has 5 heteroatoms. The van der Waals surface area contributed by atoms with Gasteiger partial charge in [-0.3, -0.25) is 0 Å². The molecule has 2 N–H and O–H groups in total. The molecule has 0 atom stereocenters. The highest BCUT2D eigenvalue weighted by Crippen LogP contribution is 2.07. The molecule has 4 nitrogen and oxygen atoms in total. The molecule has 0 radical (unpaired) electrons. The Labute approximate surface area is 89.9 Å². The predicted octanol–water partition coefficient (Wildman–Crippen LogP) is 0.949. The number of hydrogen-bond acceptors (Lipinski definition) is 4. The molecule has 1 aromatic rings. The molecular formula is C10H14NO3S-. The Balaban J connectivity index is 2.65. The van der Waals surface area contributed by atoms with E-state index in [-0.39, 0.29) is 11.6 Å². The lowest BCUT2D eigenvalue weighted by Crippen LogP contribution is -2.22. The highest BCUT2D eigenvalue weighted by Gasteiger charge is 2.09. The zero-order valence-electron chi connectivity index (χ0n) is 8.47. The molecule has 0 saturated carbocycles. The summed E-state index contributed by atoms with van der Waals surface area (Å²) in [6, 6.07) is 7.32. The number of aryl methyl sites for hydroxylation is 1. The smallest absolute Gasteiger partial charge is 0.165 e. The van der Waals surface area contributed by atoms with Crippen LogP contribution in [0, 0.1) is 13.7 Å². The van der Waals surface area contributed by atoms with E-state index >= 15 is 0 Å². The largest absolute Gasteiger partial charge is 0.551 e. The molecule has 84 valence electrons. The summed E-state index contributed by atoms with van der Waals surface area (Å²) in [6.45, 7) is 2.58. The fourth-order valence-electron chi connectivity index (χ4n) is 1.15. The van der Waals surface area contributed by atoms with E-state index in [1.165, 1.54) is 0 Å². The van der Waals surface area contributed by atoms with Crippen LogP contribution >= 0.6 is 0 Å². The van der Waals surface area contributed by atoms with Crippen molar-refractivity contribution in [2.45, 2.75) is 12.7 Å². The van der Waals surface area contributed by atoms with Crippen molar-refractivity contribution in [2.24, 2.45) is 0 Å². The van der Waals surface area contributed by atoms with Gasteiger partial charge in [0.1, 0.15) is 0 Å². The van der Waals surface area contributed by atoms with Crippen LogP contribution in [0.4, 0.5) is 0 Å². The second kappa shape index (κ2) is 5.25. The van der Waals surface area contributed by atoms with Crippen LogP contribution in [0.1, 0.15) is 11.1 Å². The fourth-order valence-corrected chi connectivity index (χ4v) is 2.28. The van der Waals surface area contributed by atoms with Crippen molar-refractivity contribution in [1.29, 1.82) is 0 Å². The van der Waals surface area contributed by atoms with Gasteiger partial charge in [0, 0.05) is 0 Å². The van der Waals surface area contributed by atoms with E-state index in [2.05, 4.69) is 5.32 Å². The van der Waals surface area contributed by atoms with Crippen molar-refractivity contribution < 1.29 is 13.5 Å². The lowest BCUT2D eigenvalue weighted by Gasteiger charge is -2.09. The molecule has 0 aromatic heterocycles. The van der Waals surface area contributed by atoms with Crippen molar-refractivity contribution in [3.63, 3.8) is 0 Å². The van der Waals surface area contributed by atoms with Gasteiger partial charge < -0.3 is 10.4 Å². The van der Waals surface area contributed by atoms with Crippen molar-refractivity contribution in [1.82, 2.24) is 5.32 Å². The highest BCUT2D eigenvalue weighted by atomic mass is 32.2. The van der Waals surface area contributed by atoms with Crippen LogP contribution in [0.3, 0.4) is 0 Å². The molecule has 15 heavy (non-hydrogen) atoms. The van der Waals surface area contributed by atoms with Crippen LogP contribution in [0.5, 0.6) is 0 Å². The van der Waals surface area contributed by atoms with E-state index in [1.807, 2.05) is 19.1 Å². The molecule has 0 fully saturated rings. The zero-order valence-corrected chi connectivity index (χ0v) is 9.29. The molecule has 0 aliphatic heterocycles. The van der Waals surface area contributed by atoms with Gasteiger partial charge in [-0.25, -0.2) is 8.42 Å². The molecule has 0 aliphatic rings. The molecule has 0 unspecified atom stereocenters. The Kier molecular flexibility index (Phi) is 4.26. The molecule has 0 bridgehead atoms. The monoisotopic (exact) mass is 228 g/mol. The average molecular weight is 228 g/mol. The first kappa shape index (κ1) is 12.2. The Hall–Kier alpha value is -0.910. The van der Waals surface area contributed by atoms with Crippen LogP contribution in [0.15, 0.2) is 24.3 Å². The molecule has 0 heterocycles. The SMILES string of the molecule is Cc1ccc(CS(=O)(=O)CN[CH-]O)cc1. The first-order valence-electron chi connectivity index (χ1n) is 4.49. The van der Waals surface area contributed by atoms with Crippen LogP contribution < -0.4 is 5.32 Å². The molecule has 0 amide bonds. The number of benzene rings is 1. The zero-order chi connectivity index (χ0) is 11.3. The summed E-state index contributed by atoms with van der Waals surface area (Å²) < 4.78 is 22.9.